The first-order chi connectivity index (χ1) is 8.29. The van der Waals surface area contributed by atoms with Crippen molar-refractivity contribution in [2.45, 2.75) is 46.0 Å². The largest absolute Gasteiger partial charge is 0.478 e. The minimum Gasteiger partial charge on any atom is -0.478 e. The van der Waals surface area contributed by atoms with Gasteiger partial charge in [0.25, 0.3) is 0 Å². The van der Waals surface area contributed by atoms with Crippen LogP contribution in [0, 0.1) is 5.41 Å². The zero-order valence-electron chi connectivity index (χ0n) is 10.9. The molecule has 0 bridgehead atoms. The second-order valence-electron chi connectivity index (χ2n) is 6.07. The molecular formula is C13H18N2O3. The van der Waals surface area contributed by atoms with Crippen LogP contribution in [-0.4, -0.2) is 26.8 Å². The molecule has 98 valence electrons. The summed E-state index contributed by atoms with van der Waals surface area (Å²) in [5.74, 6) is -0.953. The molecule has 0 unspecified atom stereocenters. The summed E-state index contributed by atoms with van der Waals surface area (Å²) in [5.41, 5.74) is 0.615. The number of aromatic nitrogens is 2. The predicted octanol–water partition coefficient (Wildman–Crippen LogP) is 2.54. The second kappa shape index (κ2) is 4.23. The lowest BCUT2D eigenvalue weighted by atomic mass is 9.92. The molecule has 0 amide bonds. The molecule has 1 aliphatic rings. The molecule has 5 nitrogen and oxygen atoms in total. The van der Waals surface area contributed by atoms with Crippen molar-refractivity contribution >= 4 is 11.9 Å². The summed E-state index contributed by atoms with van der Waals surface area (Å²) < 4.78 is 1.30. The molecule has 2 rings (SSSR count). The van der Waals surface area contributed by atoms with E-state index in [-0.39, 0.29) is 22.8 Å². The van der Waals surface area contributed by atoms with Gasteiger partial charge in [-0.25, -0.2) is 9.48 Å². The zero-order valence-corrected chi connectivity index (χ0v) is 10.9. The van der Waals surface area contributed by atoms with E-state index in [0.29, 0.717) is 12.1 Å². The van der Waals surface area contributed by atoms with Crippen LogP contribution in [0.3, 0.4) is 0 Å². The molecular weight excluding hydrogens is 232 g/mol. The molecule has 0 saturated heterocycles. The van der Waals surface area contributed by atoms with Gasteiger partial charge in [-0.3, -0.25) is 4.79 Å². The van der Waals surface area contributed by atoms with Gasteiger partial charge in [-0.1, -0.05) is 20.8 Å². The van der Waals surface area contributed by atoms with Crippen LogP contribution in [0.25, 0.3) is 0 Å². The molecule has 1 N–H and O–H groups in total. The predicted molar refractivity (Wildman–Crippen MR) is 65.9 cm³/mol. The molecule has 1 fully saturated rings. The number of hydrogen-bond acceptors (Lipinski definition) is 3. The summed E-state index contributed by atoms with van der Waals surface area (Å²) in [7, 11) is 0. The molecule has 0 aromatic carbocycles. The first kappa shape index (κ1) is 12.8. The number of carbonyl (C=O) groups is 2. The average molecular weight is 250 g/mol. The maximum Gasteiger partial charge on any atom is 0.339 e. The summed E-state index contributed by atoms with van der Waals surface area (Å²) in [5, 5.41) is 13.1. The van der Waals surface area contributed by atoms with E-state index in [1.807, 2.05) is 20.8 Å². The number of rotatable bonds is 3. The van der Waals surface area contributed by atoms with Crippen molar-refractivity contribution in [3.05, 3.63) is 17.5 Å². The van der Waals surface area contributed by atoms with E-state index >= 15 is 0 Å². The van der Waals surface area contributed by atoms with E-state index in [0.717, 1.165) is 12.8 Å². The van der Waals surface area contributed by atoms with Gasteiger partial charge in [-0.15, -0.1) is 0 Å². The highest BCUT2D eigenvalue weighted by Gasteiger charge is 2.34. The van der Waals surface area contributed by atoms with Crippen molar-refractivity contribution in [2.24, 2.45) is 5.41 Å². The number of nitrogens with zero attached hydrogens (tertiary/aromatic N) is 2. The SMILES string of the molecule is CC(C)(C)CC(=O)n1ncc(C(=O)O)c1C1CC1. The Morgan fingerprint density at radius 1 is 1.44 bits per heavy atom. The first-order valence-electron chi connectivity index (χ1n) is 6.14. The zero-order chi connectivity index (χ0) is 13.5. The van der Waals surface area contributed by atoms with E-state index in [1.165, 1.54) is 10.9 Å². The fourth-order valence-electron chi connectivity index (χ4n) is 2.00. The maximum absolute atomic E-state index is 12.2. The minimum absolute atomic E-state index is 0.128. The Kier molecular flexibility index (Phi) is 3.00. The van der Waals surface area contributed by atoms with Gasteiger partial charge in [0.15, 0.2) is 0 Å². The van der Waals surface area contributed by atoms with Crippen LogP contribution in [0.5, 0.6) is 0 Å². The van der Waals surface area contributed by atoms with Gasteiger partial charge in [-0.2, -0.15) is 5.10 Å². The first-order valence-corrected chi connectivity index (χ1v) is 6.14. The quantitative estimate of drug-likeness (QED) is 0.894. The molecule has 0 spiro atoms. The Morgan fingerprint density at radius 2 is 2.06 bits per heavy atom. The van der Waals surface area contributed by atoms with E-state index in [1.54, 1.807) is 0 Å². The van der Waals surface area contributed by atoms with Gasteiger partial charge in [-0.05, 0) is 18.3 Å². The van der Waals surface area contributed by atoms with E-state index < -0.39 is 5.97 Å². The normalized spacial score (nSPS) is 15.7. The third-order valence-electron chi connectivity index (χ3n) is 2.92. The summed E-state index contributed by atoms with van der Waals surface area (Å²) in [6.07, 6.45) is 3.52. The van der Waals surface area contributed by atoms with Crippen LogP contribution in [-0.2, 0) is 0 Å². The third-order valence-corrected chi connectivity index (χ3v) is 2.92. The highest BCUT2D eigenvalue weighted by molar-refractivity contribution is 5.91. The lowest BCUT2D eigenvalue weighted by molar-refractivity contribution is 0.0695. The van der Waals surface area contributed by atoms with Crippen molar-refractivity contribution < 1.29 is 14.7 Å². The lowest BCUT2D eigenvalue weighted by Gasteiger charge is -2.17. The van der Waals surface area contributed by atoms with Crippen molar-refractivity contribution in [1.29, 1.82) is 0 Å². The molecule has 18 heavy (non-hydrogen) atoms. The summed E-state index contributed by atoms with van der Waals surface area (Å²) in [6.45, 7) is 5.93. The maximum atomic E-state index is 12.2. The summed E-state index contributed by atoms with van der Waals surface area (Å²) in [4.78, 5) is 23.3. The van der Waals surface area contributed by atoms with Crippen LogP contribution in [0.2, 0.25) is 0 Å². The van der Waals surface area contributed by atoms with Gasteiger partial charge >= 0.3 is 5.97 Å². The van der Waals surface area contributed by atoms with E-state index in [2.05, 4.69) is 5.10 Å². The van der Waals surface area contributed by atoms with Crippen molar-refractivity contribution in [2.75, 3.05) is 0 Å². The fraction of sp³-hybridized carbons (Fsp3) is 0.615. The van der Waals surface area contributed by atoms with Gasteiger partial charge in [0.1, 0.15) is 5.56 Å². The number of carbonyl (C=O) groups excluding carboxylic acids is 1. The van der Waals surface area contributed by atoms with Crippen LogP contribution in [0.1, 0.15) is 66.8 Å². The standard InChI is InChI=1S/C13H18N2O3/c1-13(2,3)6-10(16)15-11(8-4-5-8)9(7-14-15)12(17)18/h7-8H,4-6H2,1-3H3,(H,17,18). The number of carboxylic acid groups (broad SMARTS) is 1. The smallest absolute Gasteiger partial charge is 0.339 e. The molecule has 1 saturated carbocycles. The molecule has 1 aliphatic carbocycles. The Morgan fingerprint density at radius 3 is 2.50 bits per heavy atom. The minimum atomic E-state index is -1.01. The summed E-state index contributed by atoms with van der Waals surface area (Å²) in [6, 6.07) is 0. The van der Waals surface area contributed by atoms with Crippen LogP contribution in [0.4, 0.5) is 0 Å². The second-order valence-corrected chi connectivity index (χ2v) is 6.07. The third kappa shape index (κ3) is 2.60. The molecule has 1 aromatic rings. The number of aromatic carboxylic acids is 1. The van der Waals surface area contributed by atoms with Crippen molar-refractivity contribution in [3.63, 3.8) is 0 Å². The fourth-order valence-corrected chi connectivity index (χ4v) is 2.00. The van der Waals surface area contributed by atoms with Crippen molar-refractivity contribution in [1.82, 2.24) is 9.78 Å². The van der Waals surface area contributed by atoms with Gasteiger partial charge in [0, 0.05) is 12.3 Å². The molecule has 1 aromatic heterocycles. The van der Waals surface area contributed by atoms with E-state index in [9.17, 15) is 9.59 Å². The van der Waals surface area contributed by atoms with E-state index in [4.69, 9.17) is 5.11 Å². The molecule has 5 heteroatoms. The Bertz CT molecular complexity index is 493. The average Bonchev–Trinajstić information content (AvgIpc) is 2.93. The molecule has 0 radical (unpaired) electrons. The number of carboxylic acids is 1. The highest BCUT2D eigenvalue weighted by Crippen LogP contribution is 2.41. The van der Waals surface area contributed by atoms with Crippen LogP contribution >= 0.6 is 0 Å². The monoisotopic (exact) mass is 250 g/mol. The molecule has 0 aliphatic heterocycles. The topological polar surface area (TPSA) is 72.2 Å². The molecule has 0 atom stereocenters. The lowest BCUT2D eigenvalue weighted by Crippen LogP contribution is -2.22. The van der Waals surface area contributed by atoms with Crippen LogP contribution < -0.4 is 0 Å². The van der Waals surface area contributed by atoms with Gasteiger partial charge < -0.3 is 5.11 Å². The van der Waals surface area contributed by atoms with Gasteiger partial charge in [0.2, 0.25) is 5.91 Å². The van der Waals surface area contributed by atoms with Crippen molar-refractivity contribution in [3.8, 4) is 0 Å². The highest BCUT2D eigenvalue weighted by atomic mass is 16.4. The molecule has 1 heterocycles. The van der Waals surface area contributed by atoms with Gasteiger partial charge in [0.05, 0.1) is 11.9 Å². The number of hydrogen-bond donors (Lipinski definition) is 1. The van der Waals surface area contributed by atoms with Crippen LogP contribution in [0.15, 0.2) is 6.20 Å². The Labute approximate surface area is 106 Å². The summed E-state index contributed by atoms with van der Waals surface area (Å²) >= 11 is 0. The Balaban J connectivity index is 2.33. The Hall–Kier alpha value is -1.65.